The molecule has 1 N–H and O–H groups in total. The fraction of sp³-hybridized carbons (Fsp3) is 0.562. The third-order valence-electron chi connectivity index (χ3n) is 4.43. The molecule has 0 aliphatic carbocycles. The van der Waals surface area contributed by atoms with Gasteiger partial charge in [0.1, 0.15) is 5.82 Å². The Labute approximate surface area is 120 Å². The maximum Gasteiger partial charge on any atom is 0.123 e. The molecule has 1 aromatic carbocycles. The Balaban J connectivity index is 1.65. The highest BCUT2D eigenvalue weighted by Gasteiger charge is 2.20. The Bertz CT molecular complexity index is 572. The quantitative estimate of drug-likeness (QED) is 0.930. The standard InChI is InChI=1S/C16H23N3O/c1-12(13-7-9-20-10-8-13)17-11-16-18-14-5-3-4-6-15(14)19(16)2/h3-6,12-13,17H,7-11H2,1-2H3. The van der Waals surface area contributed by atoms with Crippen LogP contribution < -0.4 is 5.32 Å². The number of hydrogen-bond donors (Lipinski definition) is 1. The van der Waals surface area contributed by atoms with Crippen molar-refractivity contribution in [3.63, 3.8) is 0 Å². The number of nitrogens with zero attached hydrogens (tertiary/aromatic N) is 2. The molecular weight excluding hydrogens is 250 g/mol. The Kier molecular flexibility index (Phi) is 4.03. The van der Waals surface area contributed by atoms with Crippen molar-refractivity contribution < 1.29 is 4.74 Å². The van der Waals surface area contributed by atoms with Gasteiger partial charge in [-0.2, -0.15) is 0 Å². The Morgan fingerprint density at radius 1 is 1.35 bits per heavy atom. The van der Waals surface area contributed by atoms with Crippen LogP contribution >= 0.6 is 0 Å². The summed E-state index contributed by atoms with van der Waals surface area (Å²) in [5.74, 6) is 1.82. The van der Waals surface area contributed by atoms with Crippen molar-refractivity contribution in [1.82, 2.24) is 14.9 Å². The van der Waals surface area contributed by atoms with Crippen molar-refractivity contribution in [1.29, 1.82) is 0 Å². The van der Waals surface area contributed by atoms with E-state index in [1.807, 2.05) is 6.07 Å². The molecule has 108 valence electrons. The summed E-state index contributed by atoms with van der Waals surface area (Å²) >= 11 is 0. The first kappa shape index (κ1) is 13.6. The molecule has 2 aromatic rings. The molecule has 1 aliphatic rings. The summed E-state index contributed by atoms with van der Waals surface area (Å²) in [5, 5.41) is 3.63. The molecule has 0 bridgehead atoms. The predicted molar refractivity (Wildman–Crippen MR) is 80.6 cm³/mol. The minimum absolute atomic E-state index is 0.513. The highest BCUT2D eigenvalue weighted by atomic mass is 16.5. The molecule has 4 heteroatoms. The molecule has 0 spiro atoms. The van der Waals surface area contributed by atoms with E-state index >= 15 is 0 Å². The first-order chi connectivity index (χ1) is 9.75. The van der Waals surface area contributed by atoms with Crippen molar-refractivity contribution >= 4 is 11.0 Å². The van der Waals surface area contributed by atoms with Gasteiger partial charge >= 0.3 is 0 Å². The number of benzene rings is 1. The number of nitrogens with one attached hydrogen (secondary N) is 1. The molecule has 2 heterocycles. The molecule has 0 saturated carbocycles. The number of hydrogen-bond acceptors (Lipinski definition) is 3. The van der Waals surface area contributed by atoms with Gasteiger partial charge in [-0.25, -0.2) is 4.98 Å². The lowest BCUT2D eigenvalue weighted by Gasteiger charge is -2.28. The molecule has 1 aromatic heterocycles. The number of para-hydroxylation sites is 2. The smallest absolute Gasteiger partial charge is 0.123 e. The molecule has 1 atom stereocenters. The molecule has 0 amide bonds. The number of fused-ring (bicyclic) bond motifs is 1. The second kappa shape index (κ2) is 5.94. The maximum absolute atomic E-state index is 5.43. The number of rotatable bonds is 4. The second-order valence-electron chi connectivity index (χ2n) is 5.70. The third-order valence-corrected chi connectivity index (χ3v) is 4.43. The van der Waals surface area contributed by atoms with E-state index in [4.69, 9.17) is 9.72 Å². The van der Waals surface area contributed by atoms with Gasteiger partial charge in [0.2, 0.25) is 0 Å². The first-order valence-electron chi connectivity index (χ1n) is 7.47. The number of ether oxygens (including phenoxy) is 1. The fourth-order valence-electron chi connectivity index (χ4n) is 2.99. The molecule has 1 unspecified atom stereocenters. The van der Waals surface area contributed by atoms with E-state index in [0.717, 1.165) is 49.9 Å². The monoisotopic (exact) mass is 273 g/mol. The van der Waals surface area contributed by atoms with Gasteiger partial charge in [-0.1, -0.05) is 12.1 Å². The van der Waals surface area contributed by atoms with Gasteiger partial charge < -0.3 is 14.6 Å². The summed E-state index contributed by atoms with van der Waals surface area (Å²) < 4.78 is 7.61. The first-order valence-corrected chi connectivity index (χ1v) is 7.47. The van der Waals surface area contributed by atoms with Gasteiger partial charge in [0.05, 0.1) is 17.6 Å². The Hall–Kier alpha value is -1.39. The van der Waals surface area contributed by atoms with Crippen molar-refractivity contribution in [3.05, 3.63) is 30.1 Å². The van der Waals surface area contributed by atoms with Gasteiger partial charge in [0.25, 0.3) is 0 Å². The molecule has 3 rings (SSSR count). The minimum atomic E-state index is 0.513. The van der Waals surface area contributed by atoms with Crippen LogP contribution in [0, 0.1) is 5.92 Å². The molecular formula is C16H23N3O. The second-order valence-corrected chi connectivity index (χ2v) is 5.70. The van der Waals surface area contributed by atoms with Gasteiger partial charge in [-0.15, -0.1) is 0 Å². The number of aryl methyl sites for hydroxylation is 1. The highest BCUT2D eigenvalue weighted by Crippen LogP contribution is 2.19. The van der Waals surface area contributed by atoms with Crippen LogP contribution in [0.2, 0.25) is 0 Å². The summed E-state index contributed by atoms with van der Waals surface area (Å²) in [6, 6.07) is 8.80. The topological polar surface area (TPSA) is 39.1 Å². The van der Waals surface area contributed by atoms with Gasteiger partial charge in [0, 0.05) is 26.3 Å². The molecule has 1 aliphatic heterocycles. The van der Waals surface area contributed by atoms with Gasteiger partial charge in [0.15, 0.2) is 0 Å². The van der Waals surface area contributed by atoms with E-state index in [1.54, 1.807) is 0 Å². The molecule has 0 radical (unpaired) electrons. The van der Waals surface area contributed by atoms with Crippen molar-refractivity contribution in [2.24, 2.45) is 13.0 Å². The normalized spacial score (nSPS) is 18.5. The summed E-state index contributed by atoms with van der Waals surface area (Å²) in [4.78, 5) is 4.71. The van der Waals surface area contributed by atoms with Crippen LogP contribution in [-0.2, 0) is 18.3 Å². The maximum atomic E-state index is 5.43. The third kappa shape index (κ3) is 2.72. The zero-order chi connectivity index (χ0) is 13.9. The summed E-state index contributed by atoms with van der Waals surface area (Å²) in [6.45, 7) is 4.91. The average molecular weight is 273 g/mol. The van der Waals surface area contributed by atoms with Crippen molar-refractivity contribution in [2.75, 3.05) is 13.2 Å². The zero-order valence-electron chi connectivity index (χ0n) is 12.3. The number of aromatic nitrogens is 2. The van der Waals surface area contributed by atoms with Crippen LogP contribution in [0.4, 0.5) is 0 Å². The Morgan fingerprint density at radius 2 is 2.10 bits per heavy atom. The fourth-order valence-corrected chi connectivity index (χ4v) is 2.99. The van der Waals surface area contributed by atoms with Crippen LogP contribution in [0.1, 0.15) is 25.6 Å². The molecule has 1 fully saturated rings. The van der Waals surface area contributed by atoms with E-state index in [1.165, 1.54) is 5.52 Å². The molecule has 20 heavy (non-hydrogen) atoms. The largest absolute Gasteiger partial charge is 0.381 e. The van der Waals surface area contributed by atoms with Gasteiger partial charge in [-0.05, 0) is 37.8 Å². The van der Waals surface area contributed by atoms with Crippen LogP contribution in [0.3, 0.4) is 0 Å². The van der Waals surface area contributed by atoms with E-state index in [-0.39, 0.29) is 0 Å². The van der Waals surface area contributed by atoms with E-state index in [0.29, 0.717) is 6.04 Å². The van der Waals surface area contributed by atoms with Crippen LogP contribution in [0.15, 0.2) is 24.3 Å². The SMILES string of the molecule is CC(NCc1nc2ccccc2n1C)C1CCOCC1. The summed E-state index contributed by atoms with van der Waals surface area (Å²) in [5.41, 5.74) is 2.27. The minimum Gasteiger partial charge on any atom is -0.381 e. The lowest BCUT2D eigenvalue weighted by molar-refractivity contribution is 0.0557. The summed E-state index contributed by atoms with van der Waals surface area (Å²) in [6.07, 6.45) is 2.33. The van der Waals surface area contributed by atoms with E-state index < -0.39 is 0 Å². The van der Waals surface area contributed by atoms with E-state index in [2.05, 4.69) is 42.1 Å². The average Bonchev–Trinajstić information content (AvgIpc) is 2.83. The number of imidazole rings is 1. The highest BCUT2D eigenvalue weighted by molar-refractivity contribution is 5.75. The van der Waals surface area contributed by atoms with Crippen LogP contribution in [-0.4, -0.2) is 28.8 Å². The molecule has 4 nitrogen and oxygen atoms in total. The lowest BCUT2D eigenvalue weighted by atomic mass is 9.93. The Morgan fingerprint density at radius 3 is 2.85 bits per heavy atom. The van der Waals surface area contributed by atoms with Crippen LogP contribution in [0.5, 0.6) is 0 Å². The predicted octanol–water partition coefficient (Wildman–Crippen LogP) is 2.48. The zero-order valence-corrected chi connectivity index (χ0v) is 12.3. The molecule has 1 saturated heterocycles. The van der Waals surface area contributed by atoms with Crippen molar-refractivity contribution in [2.45, 2.75) is 32.4 Å². The van der Waals surface area contributed by atoms with Crippen LogP contribution in [0.25, 0.3) is 11.0 Å². The summed E-state index contributed by atoms with van der Waals surface area (Å²) in [7, 11) is 2.09. The van der Waals surface area contributed by atoms with E-state index in [9.17, 15) is 0 Å². The van der Waals surface area contributed by atoms with Gasteiger partial charge in [-0.3, -0.25) is 0 Å². The van der Waals surface area contributed by atoms with Crippen molar-refractivity contribution in [3.8, 4) is 0 Å². The lowest BCUT2D eigenvalue weighted by Crippen LogP contribution is -2.36.